The number of fused-ring (bicyclic) bond motifs is 1. The highest BCUT2D eigenvalue weighted by Crippen LogP contribution is 2.36. The number of nitrogens with zero attached hydrogens (tertiary/aromatic N) is 1. The minimum Gasteiger partial charge on any atom is -0.382 e. The van der Waals surface area contributed by atoms with Crippen LogP contribution in [0.2, 0.25) is 0 Å². The minimum atomic E-state index is 0.460. The van der Waals surface area contributed by atoms with E-state index in [4.69, 9.17) is 0 Å². The summed E-state index contributed by atoms with van der Waals surface area (Å²) in [5.74, 6) is 0.869. The second kappa shape index (κ2) is 5.55. The van der Waals surface area contributed by atoms with E-state index in [1.807, 2.05) is 0 Å². The Balaban J connectivity index is 1.69. The van der Waals surface area contributed by atoms with Crippen molar-refractivity contribution in [1.29, 1.82) is 0 Å². The fourth-order valence-corrected chi connectivity index (χ4v) is 3.84. The molecule has 0 saturated carbocycles. The number of rotatable bonds is 1. The van der Waals surface area contributed by atoms with Gasteiger partial charge >= 0.3 is 0 Å². The van der Waals surface area contributed by atoms with E-state index in [1.54, 1.807) is 0 Å². The van der Waals surface area contributed by atoms with E-state index in [9.17, 15) is 0 Å². The SMILES string of the molecule is CC1CCc2cc(N3CCC(C(C)(C)C)CC3)ccc2N1. The molecule has 116 valence electrons. The number of benzene rings is 1. The molecule has 0 aromatic heterocycles. The first kappa shape index (κ1) is 14.7. The molecule has 0 aliphatic carbocycles. The Morgan fingerprint density at radius 2 is 1.81 bits per heavy atom. The van der Waals surface area contributed by atoms with Crippen LogP contribution in [0.3, 0.4) is 0 Å². The number of piperidine rings is 1. The van der Waals surface area contributed by atoms with Gasteiger partial charge in [-0.2, -0.15) is 0 Å². The molecule has 0 bridgehead atoms. The molecule has 0 spiro atoms. The molecule has 0 radical (unpaired) electrons. The van der Waals surface area contributed by atoms with Crippen LogP contribution >= 0.6 is 0 Å². The molecule has 2 aliphatic heterocycles. The highest BCUT2D eigenvalue weighted by atomic mass is 15.1. The van der Waals surface area contributed by atoms with Crippen molar-refractivity contribution in [2.24, 2.45) is 11.3 Å². The van der Waals surface area contributed by atoms with Gasteiger partial charge < -0.3 is 10.2 Å². The second-order valence-corrected chi connectivity index (χ2v) is 8.05. The van der Waals surface area contributed by atoms with E-state index in [0.29, 0.717) is 11.5 Å². The van der Waals surface area contributed by atoms with E-state index in [-0.39, 0.29) is 0 Å². The van der Waals surface area contributed by atoms with Gasteiger partial charge in [0.2, 0.25) is 0 Å². The quantitative estimate of drug-likeness (QED) is 0.805. The van der Waals surface area contributed by atoms with Gasteiger partial charge in [-0.05, 0) is 67.7 Å². The molecule has 2 heteroatoms. The largest absolute Gasteiger partial charge is 0.382 e. The lowest BCUT2D eigenvalue weighted by molar-refractivity contribution is 0.199. The van der Waals surface area contributed by atoms with Crippen molar-refractivity contribution in [3.63, 3.8) is 0 Å². The van der Waals surface area contributed by atoms with Crippen molar-refractivity contribution in [2.75, 3.05) is 23.3 Å². The van der Waals surface area contributed by atoms with E-state index in [1.165, 1.54) is 55.7 Å². The average molecular weight is 286 g/mol. The highest BCUT2D eigenvalue weighted by molar-refractivity contribution is 5.62. The van der Waals surface area contributed by atoms with Crippen LogP contribution in [0.15, 0.2) is 18.2 Å². The lowest BCUT2D eigenvalue weighted by Gasteiger charge is -2.40. The molecule has 1 fully saturated rings. The second-order valence-electron chi connectivity index (χ2n) is 8.05. The first-order chi connectivity index (χ1) is 9.93. The van der Waals surface area contributed by atoms with Crippen molar-refractivity contribution in [2.45, 2.75) is 59.4 Å². The molecular formula is C19H30N2. The molecule has 2 aliphatic rings. The maximum absolute atomic E-state index is 3.60. The summed E-state index contributed by atoms with van der Waals surface area (Å²) in [7, 11) is 0. The first-order valence-corrected chi connectivity index (χ1v) is 8.58. The molecule has 21 heavy (non-hydrogen) atoms. The summed E-state index contributed by atoms with van der Waals surface area (Å²) in [6.07, 6.45) is 5.13. The van der Waals surface area contributed by atoms with Crippen LogP contribution in [0.1, 0.15) is 52.5 Å². The fourth-order valence-electron chi connectivity index (χ4n) is 3.84. The average Bonchev–Trinajstić information content (AvgIpc) is 2.46. The Bertz CT molecular complexity index is 493. The van der Waals surface area contributed by atoms with Crippen LogP contribution in [0, 0.1) is 11.3 Å². The van der Waals surface area contributed by atoms with Crippen molar-refractivity contribution in [1.82, 2.24) is 0 Å². The fraction of sp³-hybridized carbons (Fsp3) is 0.684. The first-order valence-electron chi connectivity index (χ1n) is 8.58. The number of hydrogen-bond donors (Lipinski definition) is 1. The standard InChI is InChI=1S/C19H30N2/c1-14-5-6-15-13-17(7-8-18(15)20-14)21-11-9-16(10-12-21)19(2,3)4/h7-8,13-14,16,20H,5-6,9-12H2,1-4H3. The third kappa shape index (κ3) is 3.20. The number of hydrogen-bond acceptors (Lipinski definition) is 2. The summed E-state index contributed by atoms with van der Waals surface area (Å²) in [4.78, 5) is 2.58. The van der Waals surface area contributed by atoms with Crippen LogP contribution in [0.5, 0.6) is 0 Å². The normalized spacial score (nSPS) is 23.6. The van der Waals surface area contributed by atoms with Crippen molar-refractivity contribution in [3.05, 3.63) is 23.8 Å². The van der Waals surface area contributed by atoms with E-state index >= 15 is 0 Å². The van der Waals surface area contributed by atoms with Crippen LogP contribution in [-0.2, 0) is 6.42 Å². The molecule has 1 aromatic rings. The molecule has 1 N–H and O–H groups in total. The van der Waals surface area contributed by atoms with Gasteiger partial charge in [0, 0.05) is 30.5 Å². The smallest absolute Gasteiger partial charge is 0.0376 e. The van der Waals surface area contributed by atoms with Crippen molar-refractivity contribution in [3.8, 4) is 0 Å². The Kier molecular flexibility index (Phi) is 3.90. The number of anilines is 2. The minimum absolute atomic E-state index is 0.460. The van der Waals surface area contributed by atoms with Gasteiger partial charge in [-0.1, -0.05) is 20.8 Å². The van der Waals surface area contributed by atoms with Gasteiger partial charge in [0.15, 0.2) is 0 Å². The Morgan fingerprint density at radius 1 is 1.10 bits per heavy atom. The summed E-state index contributed by atoms with van der Waals surface area (Å²) in [5, 5.41) is 3.60. The molecule has 1 saturated heterocycles. The maximum Gasteiger partial charge on any atom is 0.0376 e. The summed E-state index contributed by atoms with van der Waals surface area (Å²) in [5.41, 5.74) is 4.74. The molecule has 1 aromatic carbocycles. The Labute approximate surface area is 129 Å². The predicted molar refractivity (Wildman–Crippen MR) is 92.2 cm³/mol. The number of nitrogens with one attached hydrogen (secondary N) is 1. The van der Waals surface area contributed by atoms with Crippen LogP contribution in [0.4, 0.5) is 11.4 Å². The van der Waals surface area contributed by atoms with Crippen LogP contribution in [-0.4, -0.2) is 19.1 Å². The van der Waals surface area contributed by atoms with Gasteiger partial charge in [0.1, 0.15) is 0 Å². The molecular weight excluding hydrogens is 256 g/mol. The molecule has 1 atom stereocenters. The maximum atomic E-state index is 3.60. The van der Waals surface area contributed by atoms with Crippen LogP contribution < -0.4 is 10.2 Å². The highest BCUT2D eigenvalue weighted by Gasteiger charge is 2.29. The summed E-state index contributed by atoms with van der Waals surface area (Å²) in [6.45, 7) is 11.9. The molecule has 2 heterocycles. The van der Waals surface area contributed by atoms with E-state index in [2.05, 4.69) is 56.1 Å². The third-order valence-electron chi connectivity index (χ3n) is 5.42. The Hall–Kier alpha value is -1.18. The number of aryl methyl sites for hydroxylation is 1. The zero-order valence-electron chi connectivity index (χ0n) is 14.1. The Morgan fingerprint density at radius 3 is 2.48 bits per heavy atom. The van der Waals surface area contributed by atoms with Crippen LogP contribution in [0.25, 0.3) is 0 Å². The van der Waals surface area contributed by atoms with Crippen molar-refractivity contribution < 1.29 is 0 Å². The van der Waals surface area contributed by atoms with Gasteiger partial charge in [-0.15, -0.1) is 0 Å². The van der Waals surface area contributed by atoms with Gasteiger partial charge in [0.25, 0.3) is 0 Å². The molecule has 0 amide bonds. The zero-order valence-corrected chi connectivity index (χ0v) is 14.1. The van der Waals surface area contributed by atoms with E-state index < -0.39 is 0 Å². The zero-order chi connectivity index (χ0) is 15.0. The topological polar surface area (TPSA) is 15.3 Å². The lowest BCUT2D eigenvalue weighted by atomic mass is 9.75. The summed E-state index contributed by atoms with van der Waals surface area (Å²) >= 11 is 0. The third-order valence-corrected chi connectivity index (χ3v) is 5.42. The van der Waals surface area contributed by atoms with E-state index in [0.717, 1.165) is 5.92 Å². The van der Waals surface area contributed by atoms with Crippen molar-refractivity contribution >= 4 is 11.4 Å². The molecule has 1 unspecified atom stereocenters. The van der Waals surface area contributed by atoms with Gasteiger partial charge in [-0.3, -0.25) is 0 Å². The van der Waals surface area contributed by atoms with Gasteiger partial charge in [-0.25, -0.2) is 0 Å². The van der Waals surface area contributed by atoms with Gasteiger partial charge in [0.05, 0.1) is 0 Å². The molecule has 3 rings (SSSR count). The molecule has 2 nitrogen and oxygen atoms in total. The monoisotopic (exact) mass is 286 g/mol. The summed E-state index contributed by atoms with van der Waals surface area (Å²) < 4.78 is 0. The predicted octanol–water partition coefficient (Wildman–Crippen LogP) is 4.70. The summed E-state index contributed by atoms with van der Waals surface area (Å²) in [6, 6.07) is 7.63. The lowest BCUT2D eigenvalue weighted by Crippen LogP contribution is -2.38.